The van der Waals surface area contributed by atoms with Crippen molar-refractivity contribution >= 4 is 11.6 Å². The molecule has 0 radical (unpaired) electrons. The molecule has 4 aromatic rings. The van der Waals surface area contributed by atoms with Gasteiger partial charge in [-0.3, -0.25) is 9.20 Å². The molecule has 0 fully saturated rings. The van der Waals surface area contributed by atoms with Crippen LogP contribution in [0.15, 0.2) is 79.0 Å². The van der Waals surface area contributed by atoms with Crippen molar-refractivity contribution in [3.63, 3.8) is 0 Å². The van der Waals surface area contributed by atoms with E-state index in [0.717, 1.165) is 17.0 Å². The van der Waals surface area contributed by atoms with Crippen molar-refractivity contribution in [2.24, 2.45) is 0 Å². The summed E-state index contributed by atoms with van der Waals surface area (Å²) in [5.74, 6) is 0.623. The maximum absolute atomic E-state index is 12.6. The Morgan fingerprint density at radius 3 is 2.38 bits per heavy atom. The fourth-order valence-corrected chi connectivity index (χ4v) is 2.92. The molecule has 0 saturated carbocycles. The van der Waals surface area contributed by atoms with E-state index in [9.17, 15) is 4.79 Å². The third kappa shape index (κ3) is 3.07. The molecule has 1 amide bonds. The van der Waals surface area contributed by atoms with E-state index >= 15 is 0 Å². The number of hydrogen-bond donors (Lipinski definition) is 1. The van der Waals surface area contributed by atoms with Crippen LogP contribution in [-0.4, -0.2) is 20.5 Å². The predicted octanol–water partition coefficient (Wildman–Crippen LogP) is 3.89. The van der Waals surface area contributed by atoms with Crippen molar-refractivity contribution in [3.05, 3.63) is 90.1 Å². The second-order valence-corrected chi connectivity index (χ2v) is 6.14. The fourth-order valence-electron chi connectivity index (χ4n) is 2.92. The topological polar surface area (TPSA) is 59.3 Å². The zero-order valence-electron chi connectivity index (χ0n) is 14.3. The third-order valence-electron chi connectivity index (χ3n) is 4.35. The normalized spacial score (nSPS) is 12.0. The van der Waals surface area contributed by atoms with Gasteiger partial charge in [0.2, 0.25) is 0 Å². The second kappa shape index (κ2) is 6.80. The number of aromatic nitrogens is 3. The van der Waals surface area contributed by atoms with Gasteiger partial charge in [0.1, 0.15) is 0 Å². The number of carbonyl (C=O) groups is 1. The Labute approximate surface area is 151 Å². The van der Waals surface area contributed by atoms with E-state index in [1.54, 1.807) is 12.1 Å². The van der Waals surface area contributed by atoms with Crippen molar-refractivity contribution in [1.82, 2.24) is 19.9 Å². The van der Waals surface area contributed by atoms with Crippen molar-refractivity contribution in [1.29, 1.82) is 0 Å². The molecule has 2 aromatic heterocycles. The Hall–Kier alpha value is -3.47. The highest BCUT2D eigenvalue weighted by atomic mass is 16.1. The highest BCUT2D eigenvalue weighted by Crippen LogP contribution is 2.19. The van der Waals surface area contributed by atoms with Gasteiger partial charge < -0.3 is 5.32 Å². The molecule has 0 spiro atoms. The van der Waals surface area contributed by atoms with Crippen molar-refractivity contribution in [2.45, 2.75) is 13.0 Å². The van der Waals surface area contributed by atoms with Gasteiger partial charge in [-0.2, -0.15) is 0 Å². The molecule has 0 bridgehead atoms. The van der Waals surface area contributed by atoms with Crippen LogP contribution in [-0.2, 0) is 0 Å². The van der Waals surface area contributed by atoms with Gasteiger partial charge in [0.15, 0.2) is 11.5 Å². The van der Waals surface area contributed by atoms with E-state index < -0.39 is 0 Å². The Kier molecular flexibility index (Phi) is 4.19. The van der Waals surface area contributed by atoms with Crippen LogP contribution in [0.5, 0.6) is 0 Å². The van der Waals surface area contributed by atoms with Crippen molar-refractivity contribution in [3.8, 4) is 11.4 Å². The Bertz CT molecular complexity index is 1040. The SMILES string of the molecule is CC(NC(=O)c1ccn2c(-c3ccccc3)nnc2c1)c1ccccc1. The van der Waals surface area contributed by atoms with Crippen molar-refractivity contribution < 1.29 is 4.79 Å². The molecule has 5 heteroatoms. The first-order valence-corrected chi connectivity index (χ1v) is 8.48. The summed E-state index contributed by atoms with van der Waals surface area (Å²) < 4.78 is 1.88. The number of hydrogen-bond acceptors (Lipinski definition) is 3. The van der Waals surface area contributed by atoms with Gasteiger partial charge in [-0.25, -0.2) is 0 Å². The molecule has 0 saturated heterocycles. The molecule has 2 heterocycles. The Morgan fingerprint density at radius 2 is 1.65 bits per heavy atom. The standard InChI is InChI=1S/C21H18N4O/c1-15(16-8-4-2-5-9-16)22-21(26)18-12-13-25-19(14-18)23-24-20(25)17-10-6-3-7-11-17/h2-15H,1H3,(H,22,26). The molecule has 1 unspecified atom stereocenters. The quantitative estimate of drug-likeness (QED) is 0.612. The Morgan fingerprint density at radius 1 is 0.962 bits per heavy atom. The molecule has 0 aliphatic carbocycles. The maximum atomic E-state index is 12.6. The number of fused-ring (bicyclic) bond motifs is 1. The highest BCUT2D eigenvalue weighted by molar-refractivity contribution is 5.95. The predicted molar refractivity (Wildman–Crippen MR) is 101 cm³/mol. The molecule has 128 valence electrons. The summed E-state index contributed by atoms with van der Waals surface area (Å²) in [5.41, 5.74) is 3.25. The second-order valence-electron chi connectivity index (χ2n) is 6.14. The lowest BCUT2D eigenvalue weighted by Gasteiger charge is -2.14. The van der Waals surface area contributed by atoms with Gasteiger partial charge in [0.05, 0.1) is 6.04 Å². The lowest BCUT2D eigenvalue weighted by molar-refractivity contribution is 0.0940. The van der Waals surface area contributed by atoms with Crippen LogP contribution >= 0.6 is 0 Å². The molecule has 26 heavy (non-hydrogen) atoms. The lowest BCUT2D eigenvalue weighted by atomic mass is 10.1. The van der Waals surface area contributed by atoms with E-state index in [4.69, 9.17) is 0 Å². The zero-order chi connectivity index (χ0) is 17.9. The van der Waals surface area contributed by atoms with Crippen LogP contribution in [0.25, 0.3) is 17.0 Å². The average Bonchev–Trinajstić information content (AvgIpc) is 3.12. The number of rotatable bonds is 4. The maximum Gasteiger partial charge on any atom is 0.251 e. The van der Waals surface area contributed by atoms with Gasteiger partial charge in [-0.1, -0.05) is 60.7 Å². The summed E-state index contributed by atoms with van der Waals surface area (Å²) >= 11 is 0. The number of pyridine rings is 1. The minimum Gasteiger partial charge on any atom is -0.346 e. The average molecular weight is 342 g/mol. The molecule has 1 N–H and O–H groups in total. The van der Waals surface area contributed by atoms with Crippen LogP contribution in [0.1, 0.15) is 28.9 Å². The minimum absolute atomic E-state index is 0.0716. The third-order valence-corrected chi connectivity index (χ3v) is 4.35. The summed E-state index contributed by atoms with van der Waals surface area (Å²) in [6.07, 6.45) is 1.83. The number of carbonyl (C=O) groups excluding carboxylic acids is 1. The fraction of sp³-hybridized carbons (Fsp3) is 0.0952. The van der Waals surface area contributed by atoms with Crippen LogP contribution in [0, 0.1) is 0 Å². The number of nitrogens with one attached hydrogen (secondary N) is 1. The largest absolute Gasteiger partial charge is 0.346 e. The van der Waals surface area contributed by atoms with Gasteiger partial charge >= 0.3 is 0 Å². The first-order valence-electron chi connectivity index (χ1n) is 8.48. The molecule has 4 rings (SSSR count). The molecular formula is C21H18N4O. The van der Waals surface area contributed by atoms with E-state index in [1.165, 1.54) is 0 Å². The number of nitrogens with zero attached hydrogens (tertiary/aromatic N) is 3. The molecule has 0 aliphatic heterocycles. The Balaban J connectivity index is 1.59. The van der Waals surface area contributed by atoms with E-state index in [-0.39, 0.29) is 11.9 Å². The van der Waals surface area contributed by atoms with Gasteiger partial charge in [-0.05, 0) is 24.6 Å². The first kappa shape index (κ1) is 16.0. The summed E-state index contributed by atoms with van der Waals surface area (Å²) in [5, 5.41) is 11.5. The molecule has 0 aliphatic rings. The summed E-state index contributed by atoms with van der Waals surface area (Å²) in [7, 11) is 0. The van der Waals surface area contributed by atoms with Crippen LogP contribution in [0.2, 0.25) is 0 Å². The lowest BCUT2D eigenvalue weighted by Crippen LogP contribution is -2.26. The molecule has 5 nitrogen and oxygen atoms in total. The first-order chi connectivity index (χ1) is 12.7. The molecular weight excluding hydrogens is 324 g/mol. The molecule has 1 atom stereocenters. The minimum atomic E-state index is -0.131. The van der Waals surface area contributed by atoms with E-state index in [2.05, 4.69) is 15.5 Å². The number of amides is 1. The van der Waals surface area contributed by atoms with Crippen LogP contribution in [0.3, 0.4) is 0 Å². The van der Waals surface area contributed by atoms with Crippen LogP contribution in [0.4, 0.5) is 0 Å². The van der Waals surface area contributed by atoms with Gasteiger partial charge in [-0.15, -0.1) is 10.2 Å². The summed E-state index contributed by atoms with van der Waals surface area (Å²) in [6.45, 7) is 1.97. The number of benzene rings is 2. The summed E-state index contributed by atoms with van der Waals surface area (Å²) in [4.78, 5) is 12.6. The molecule has 2 aromatic carbocycles. The van der Waals surface area contributed by atoms with Gasteiger partial charge in [0, 0.05) is 17.3 Å². The summed E-state index contributed by atoms with van der Waals surface area (Å²) in [6, 6.07) is 23.2. The monoisotopic (exact) mass is 342 g/mol. The van der Waals surface area contributed by atoms with E-state index in [0.29, 0.717) is 11.2 Å². The smallest absolute Gasteiger partial charge is 0.251 e. The van der Waals surface area contributed by atoms with Gasteiger partial charge in [0.25, 0.3) is 5.91 Å². The van der Waals surface area contributed by atoms with Crippen molar-refractivity contribution in [2.75, 3.05) is 0 Å². The van der Waals surface area contributed by atoms with E-state index in [1.807, 2.05) is 78.2 Å². The zero-order valence-corrected chi connectivity index (χ0v) is 14.3. The highest BCUT2D eigenvalue weighted by Gasteiger charge is 2.14. The van der Waals surface area contributed by atoms with Crippen LogP contribution < -0.4 is 5.32 Å².